The molecular formula is C14H26O3. The highest BCUT2D eigenvalue weighted by molar-refractivity contribution is 5.81. The molecule has 0 aliphatic rings. The van der Waals surface area contributed by atoms with E-state index in [1.54, 1.807) is 0 Å². The molecule has 0 bridgehead atoms. The standard InChI is InChI=1S/C14H26O3/c1-8-12(15)17-14(6,7)11(3)10-16-13(4,5)9-2/h8,11H,1,9-10H2,2-7H3. The Bertz CT molecular complexity index is 267. The fourth-order valence-corrected chi connectivity index (χ4v) is 1.05. The van der Waals surface area contributed by atoms with Gasteiger partial charge >= 0.3 is 5.97 Å². The first-order chi connectivity index (χ1) is 7.64. The van der Waals surface area contributed by atoms with Crippen LogP contribution in [0.1, 0.15) is 48.0 Å². The Labute approximate surface area is 105 Å². The lowest BCUT2D eigenvalue weighted by Gasteiger charge is -2.33. The van der Waals surface area contributed by atoms with Crippen molar-refractivity contribution in [3.05, 3.63) is 12.7 Å². The molecule has 0 saturated carbocycles. The summed E-state index contributed by atoms with van der Waals surface area (Å²) in [5.41, 5.74) is -0.679. The molecule has 0 fully saturated rings. The molecule has 100 valence electrons. The molecule has 3 nitrogen and oxygen atoms in total. The molecule has 0 aromatic rings. The first-order valence-corrected chi connectivity index (χ1v) is 6.14. The second-order valence-corrected chi connectivity index (χ2v) is 5.55. The summed E-state index contributed by atoms with van der Waals surface area (Å²) in [4.78, 5) is 11.2. The Morgan fingerprint density at radius 1 is 1.35 bits per heavy atom. The summed E-state index contributed by atoms with van der Waals surface area (Å²) < 4.78 is 11.1. The van der Waals surface area contributed by atoms with Crippen molar-refractivity contribution >= 4 is 5.97 Å². The molecule has 1 atom stereocenters. The zero-order chi connectivity index (χ0) is 13.7. The fourth-order valence-electron chi connectivity index (χ4n) is 1.05. The van der Waals surface area contributed by atoms with Crippen molar-refractivity contribution in [2.24, 2.45) is 5.92 Å². The monoisotopic (exact) mass is 242 g/mol. The zero-order valence-corrected chi connectivity index (χ0v) is 12.0. The molecule has 0 spiro atoms. The molecule has 0 saturated heterocycles. The van der Waals surface area contributed by atoms with Crippen LogP contribution in [0.5, 0.6) is 0 Å². The molecule has 0 heterocycles. The van der Waals surface area contributed by atoms with E-state index < -0.39 is 11.6 Å². The van der Waals surface area contributed by atoms with E-state index in [1.165, 1.54) is 6.08 Å². The van der Waals surface area contributed by atoms with E-state index in [9.17, 15) is 4.79 Å². The lowest BCUT2D eigenvalue weighted by Crippen LogP contribution is -2.39. The van der Waals surface area contributed by atoms with Gasteiger partial charge < -0.3 is 9.47 Å². The second-order valence-electron chi connectivity index (χ2n) is 5.55. The Hall–Kier alpha value is -0.830. The van der Waals surface area contributed by atoms with Crippen molar-refractivity contribution in [3.63, 3.8) is 0 Å². The van der Waals surface area contributed by atoms with Gasteiger partial charge in [0.1, 0.15) is 5.60 Å². The molecular weight excluding hydrogens is 216 g/mol. The summed E-state index contributed by atoms with van der Waals surface area (Å²) >= 11 is 0. The lowest BCUT2D eigenvalue weighted by atomic mass is 9.93. The molecule has 0 N–H and O–H groups in total. The van der Waals surface area contributed by atoms with E-state index in [1.807, 2.05) is 20.8 Å². The number of ether oxygens (including phenoxy) is 2. The summed E-state index contributed by atoms with van der Waals surface area (Å²) in [6.07, 6.45) is 2.14. The van der Waals surface area contributed by atoms with Gasteiger partial charge in [-0.3, -0.25) is 0 Å². The topological polar surface area (TPSA) is 35.5 Å². The average Bonchev–Trinajstić information content (AvgIpc) is 2.25. The molecule has 0 aromatic heterocycles. The third kappa shape index (κ3) is 5.87. The summed E-state index contributed by atoms with van der Waals surface area (Å²) in [6.45, 7) is 16.0. The molecule has 0 rings (SSSR count). The van der Waals surface area contributed by atoms with Gasteiger partial charge in [0.2, 0.25) is 0 Å². The molecule has 3 heteroatoms. The average molecular weight is 242 g/mol. The summed E-state index contributed by atoms with van der Waals surface area (Å²) in [5.74, 6) is -0.270. The molecule has 0 aliphatic heterocycles. The van der Waals surface area contributed by atoms with Gasteiger partial charge in [0.15, 0.2) is 0 Å². The number of esters is 1. The third-order valence-corrected chi connectivity index (χ3v) is 3.29. The first-order valence-electron chi connectivity index (χ1n) is 6.14. The highest BCUT2D eigenvalue weighted by Crippen LogP contribution is 2.24. The highest BCUT2D eigenvalue weighted by Gasteiger charge is 2.31. The number of hydrogen-bond acceptors (Lipinski definition) is 3. The third-order valence-electron chi connectivity index (χ3n) is 3.29. The van der Waals surface area contributed by atoms with Gasteiger partial charge in [0, 0.05) is 12.0 Å². The van der Waals surface area contributed by atoms with E-state index in [4.69, 9.17) is 9.47 Å². The maximum Gasteiger partial charge on any atom is 0.330 e. The van der Waals surface area contributed by atoms with Crippen LogP contribution in [0.25, 0.3) is 0 Å². The van der Waals surface area contributed by atoms with E-state index >= 15 is 0 Å². The maximum atomic E-state index is 11.2. The van der Waals surface area contributed by atoms with Crippen LogP contribution >= 0.6 is 0 Å². The van der Waals surface area contributed by atoms with Crippen molar-refractivity contribution < 1.29 is 14.3 Å². The van der Waals surface area contributed by atoms with Gasteiger partial charge in [-0.2, -0.15) is 0 Å². The van der Waals surface area contributed by atoms with Crippen molar-refractivity contribution in [1.82, 2.24) is 0 Å². The Balaban J connectivity index is 4.34. The van der Waals surface area contributed by atoms with E-state index in [0.717, 1.165) is 6.42 Å². The number of carbonyl (C=O) groups excluding carboxylic acids is 1. The summed E-state index contributed by atoms with van der Waals surface area (Å²) in [7, 11) is 0. The fraction of sp³-hybridized carbons (Fsp3) is 0.786. The normalized spacial score (nSPS) is 14.2. The van der Waals surface area contributed by atoms with Crippen LogP contribution in [0.3, 0.4) is 0 Å². The summed E-state index contributed by atoms with van der Waals surface area (Å²) in [5, 5.41) is 0. The minimum Gasteiger partial charge on any atom is -0.456 e. The van der Waals surface area contributed by atoms with Crippen LogP contribution in [-0.2, 0) is 14.3 Å². The predicted octanol–water partition coefficient (Wildman–Crippen LogP) is 3.34. The lowest BCUT2D eigenvalue weighted by molar-refractivity contribution is -0.159. The second kappa shape index (κ2) is 6.20. The van der Waals surface area contributed by atoms with Crippen LogP contribution < -0.4 is 0 Å². The zero-order valence-electron chi connectivity index (χ0n) is 12.0. The van der Waals surface area contributed by atoms with Crippen LogP contribution in [-0.4, -0.2) is 23.8 Å². The van der Waals surface area contributed by atoms with Crippen LogP contribution in [0, 0.1) is 5.92 Å². The molecule has 17 heavy (non-hydrogen) atoms. The number of hydrogen-bond donors (Lipinski definition) is 0. The Kier molecular flexibility index (Phi) is 5.89. The largest absolute Gasteiger partial charge is 0.456 e. The molecule has 0 radical (unpaired) electrons. The van der Waals surface area contributed by atoms with Gasteiger partial charge in [-0.1, -0.05) is 20.4 Å². The van der Waals surface area contributed by atoms with Gasteiger partial charge in [-0.05, 0) is 34.1 Å². The minimum atomic E-state index is -0.547. The SMILES string of the molecule is C=CC(=O)OC(C)(C)C(C)COC(C)(C)CC. The minimum absolute atomic E-state index is 0.122. The van der Waals surface area contributed by atoms with E-state index in [2.05, 4.69) is 27.4 Å². The van der Waals surface area contributed by atoms with Crippen molar-refractivity contribution in [2.75, 3.05) is 6.61 Å². The molecule has 0 aromatic carbocycles. The van der Waals surface area contributed by atoms with Gasteiger partial charge in [0.05, 0.1) is 12.2 Å². The predicted molar refractivity (Wildman–Crippen MR) is 69.9 cm³/mol. The van der Waals surface area contributed by atoms with Crippen LogP contribution in [0.2, 0.25) is 0 Å². The van der Waals surface area contributed by atoms with Crippen molar-refractivity contribution in [1.29, 1.82) is 0 Å². The van der Waals surface area contributed by atoms with Crippen molar-refractivity contribution in [2.45, 2.75) is 59.2 Å². The highest BCUT2D eigenvalue weighted by atomic mass is 16.6. The Morgan fingerprint density at radius 3 is 2.29 bits per heavy atom. The van der Waals surface area contributed by atoms with Gasteiger partial charge in [-0.25, -0.2) is 4.79 Å². The van der Waals surface area contributed by atoms with Crippen LogP contribution in [0.15, 0.2) is 12.7 Å². The number of carbonyl (C=O) groups is 1. The molecule has 0 amide bonds. The van der Waals surface area contributed by atoms with E-state index in [-0.39, 0.29) is 11.5 Å². The van der Waals surface area contributed by atoms with Gasteiger partial charge in [0.25, 0.3) is 0 Å². The molecule has 1 unspecified atom stereocenters. The summed E-state index contributed by atoms with van der Waals surface area (Å²) in [6, 6.07) is 0. The first kappa shape index (κ1) is 16.2. The Morgan fingerprint density at radius 2 is 1.88 bits per heavy atom. The van der Waals surface area contributed by atoms with Gasteiger partial charge in [-0.15, -0.1) is 0 Å². The van der Waals surface area contributed by atoms with Crippen molar-refractivity contribution in [3.8, 4) is 0 Å². The quantitative estimate of drug-likeness (QED) is 0.507. The maximum absolute atomic E-state index is 11.2. The van der Waals surface area contributed by atoms with Crippen LogP contribution in [0.4, 0.5) is 0 Å². The van der Waals surface area contributed by atoms with E-state index in [0.29, 0.717) is 6.61 Å². The smallest absolute Gasteiger partial charge is 0.330 e. The molecule has 0 aliphatic carbocycles. The number of rotatable bonds is 7.